The number of benzene rings is 2. The van der Waals surface area contributed by atoms with Gasteiger partial charge >= 0.3 is 0 Å². The van der Waals surface area contributed by atoms with Crippen molar-refractivity contribution in [3.8, 4) is 6.07 Å². The zero-order chi connectivity index (χ0) is 13.9. The number of nitrogen functional groups attached to an aromatic ring is 1. The second-order valence-corrected chi connectivity index (χ2v) is 5.12. The van der Waals surface area contributed by atoms with E-state index in [4.69, 9.17) is 11.0 Å². The van der Waals surface area contributed by atoms with E-state index in [1.54, 1.807) is 6.07 Å². The first-order valence-corrected chi connectivity index (χ1v) is 6.94. The van der Waals surface area contributed by atoms with Crippen molar-refractivity contribution in [2.24, 2.45) is 0 Å². The molecule has 1 aliphatic rings. The van der Waals surface area contributed by atoms with E-state index in [-0.39, 0.29) is 0 Å². The second kappa shape index (κ2) is 5.26. The molecular weight excluding hydrogens is 246 g/mol. The number of rotatable bonds is 1. The van der Waals surface area contributed by atoms with Crippen LogP contribution in [0.1, 0.15) is 24.0 Å². The Morgan fingerprint density at radius 3 is 2.75 bits per heavy atom. The van der Waals surface area contributed by atoms with Gasteiger partial charge in [0.25, 0.3) is 0 Å². The fourth-order valence-corrected chi connectivity index (χ4v) is 2.78. The Kier molecular flexibility index (Phi) is 3.30. The second-order valence-electron chi connectivity index (χ2n) is 5.12. The van der Waals surface area contributed by atoms with Crippen molar-refractivity contribution < 1.29 is 0 Å². The van der Waals surface area contributed by atoms with Gasteiger partial charge in [-0.25, -0.2) is 0 Å². The number of anilines is 3. The number of aryl methyl sites for hydroxylation is 1. The standard InChI is InChI=1S/C17H17N3/c18-12-14-8-9-15(11-16(14)19)20-10-4-3-6-13-5-1-2-7-17(13)20/h1-2,5,7-9,11H,3-4,6,10,19H2. The number of hydrogen-bond donors (Lipinski definition) is 1. The Bertz CT molecular complexity index is 670. The molecule has 0 spiro atoms. The van der Waals surface area contributed by atoms with Crippen LogP contribution in [-0.2, 0) is 6.42 Å². The predicted octanol–water partition coefficient (Wildman–Crippen LogP) is 3.61. The summed E-state index contributed by atoms with van der Waals surface area (Å²) < 4.78 is 0. The molecule has 20 heavy (non-hydrogen) atoms. The number of nitriles is 1. The number of fused-ring (bicyclic) bond motifs is 1. The highest BCUT2D eigenvalue weighted by Crippen LogP contribution is 2.33. The van der Waals surface area contributed by atoms with Crippen molar-refractivity contribution in [2.45, 2.75) is 19.3 Å². The molecule has 2 aromatic carbocycles. The molecular formula is C17H17N3. The average molecular weight is 263 g/mol. The van der Waals surface area contributed by atoms with Crippen molar-refractivity contribution in [1.29, 1.82) is 5.26 Å². The lowest BCUT2D eigenvalue weighted by Crippen LogP contribution is -2.18. The van der Waals surface area contributed by atoms with Crippen LogP contribution in [0.2, 0.25) is 0 Å². The third-order valence-electron chi connectivity index (χ3n) is 3.83. The molecule has 100 valence electrons. The molecule has 0 unspecified atom stereocenters. The first-order valence-electron chi connectivity index (χ1n) is 6.94. The van der Waals surface area contributed by atoms with Crippen LogP contribution in [0, 0.1) is 11.3 Å². The fraction of sp³-hybridized carbons (Fsp3) is 0.235. The van der Waals surface area contributed by atoms with E-state index in [9.17, 15) is 0 Å². The molecule has 0 saturated heterocycles. The summed E-state index contributed by atoms with van der Waals surface area (Å²) in [5, 5.41) is 8.98. The minimum Gasteiger partial charge on any atom is -0.398 e. The van der Waals surface area contributed by atoms with E-state index in [0.717, 1.165) is 25.1 Å². The first-order chi connectivity index (χ1) is 9.79. The van der Waals surface area contributed by atoms with Gasteiger partial charge in [0.05, 0.1) is 11.3 Å². The van der Waals surface area contributed by atoms with Crippen LogP contribution in [0.5, 0.6) is 0 Å². The molecule has 1 heterocycles. The molecule has 0 bridgehead atoms. The van der Waals surface area contributed by atoms with E-state index in [1.165, 1.54) is 17.7 Å². The Labute approximate surface area is 119 Å². The number of nitrogens with zero attached hydrogens (tertiary/aromatic N) is 2. The van der Waals surface area contributed by atoms with E-state index in [2.05, 4.69) is 35.2 Å². The summed E-state index contributed by atoms with van der Waals surface area (Å²) in [6, 6.07) is 16.3. The molecule has 0 aromatic heterocycles. The van der Waals surface area contributed by atoms with Gasteiger partial charge < -0.3 is 10.6 Å². The number of nitrogens with two attached hydrogens (primary N) is 1. The Morgan fingerprint density at radius 2 is 1.95 bits per heavy atom. The van der Waals surface area contributed by atoms with Crippen LogP contribution in [0.25, 0.3) is 0 Å². The lowest BCUT2D eigenvalue weighted by atomic mass is 10.1. The minimum absolute atomic E-state index is 0.539. The summed E-state index contributed by atoms with van der Waals surface area (Å²) in [5.41, 5.74) is 10.7. The lowest BCUT2D eigenvalue weighted by molar-refractivity contribution is 0.761. The van der Waals surface area contributed by atoms with Crippen LogP contribution in [-0.4, -0.2) is 6.54 Å². The highest BCUT2D eigenvalue weighted by molar-refractivity contribution is 5.71. The van der Waals surface area contributed by atoms with Gasteiger partial charge in [-0.2, -0.15) is 5.26 Å². The molecule has 0 radical (unpaired) electrons. The van der Waals surface area contributed by atoms with E-state index in [0.29, 0.717) is 11.3 Å². The number of hydrogen-bond acceptors (Lipinski definition) is 3. The summed E-state index contributed by atoms with van der Waals surface area (Å²) in [6.45, 7) is 0.988. The Balaban J connectivity index is 2.06. The minimum atomic E-state index is 0.539. The summed E-state index contributed by atoms with van der Waals surface area (Å²) in [6.07, 6.45) is 3.49. The van der Waals surface area contributed by atoms with Crippen LogP contribution >= 0.6 is 0 Å². The highest BCUT2D eigenvalue weighted by atomic mass is 15.1. The molecule has 3 rings (SSSR count). The third kappa shape index (κ3) is 2.21. The van der Waals surface area contributed by atoms with Crippen molar-refractivity contribution in [3.63, 3.8) is 0 Å². The van der Waals surface area contributed by atoms with Gasteiger partial charge in [-0.3, -0.25) is 0 Å². The van der Waals surface area contributed by atoms with Crippen molar-refractivity contribution in [2.75, 3.05) is 17.2 Å². The number of para-hydroxylation sites is 1. The lowest BCUT2D eigenvalue weighted by Gasteiger charge is -2.25. The summed E-state index contributed by atoms with van der Waals surface area (Å²) in [7, 11) is 0. The molecule has 1 aliphatic heterocycles. The van der Waals surface area contributed by atoms with Crippen LogP contribution in [0.3, 0.4) is 0 Å². The Hall–Kier alpha value is -2.47. The molecule has 3 heteroatoms. The van der Waals surface area contributed by atoms with Crippen molar-refractivity contribution >= 4 is 17.1 Å². The summed E-state index contributed by atoms with van der Waals surface area (Å²) >= 11 is 0. The zero-order valence-corrected chi connectivity index (χ0v) is 11.3. The van der Waals surface area contributed by atoms with Gasteiger partial charge in [0.1, 0.15) is 6.07 Å². The highest BCUT2D eigenvalue weighted by Gasteiger charge is 2.16. The summed E-state index contributed by atoms with van der Waals surface area (Å²) in [5.74, 6) is 0. The maximum absolute atomic E-state index is 8.98. The van der Waals surface area contributed by atoms with Gasteiger partial charge in [0.2, 0.25) is 0 Å². The fourth-order valence-electron chi connectivity index (χ4n) is 2.78. The average Bonchev–Trinajstić information content (AvgIpc) is 2.69. The van der Waals surface area contributed by atoms with Gasteiger partial charge in [-0.1, -0.05) is 18.2 Å². The molecule has 2 aromatic rings. The van der Waals surface area contributed by atoms with Crippen LogP contribution in [0.4, 0.5) is 17.1 Å². The predicted molar refractivity (Wildman–Crippen MR) is 82.0 cm³/mol. The molecule has 0 aliphatic carbocycles. The molecule has 0 saturated carbocycles. The quantitative estimate of drug-likeness (QED) is 0.799. The molecule has 3 nitrogen and oxygen atoms in total. The SMILES string of the molecule is N#Cc1ccc(N2CCCCc3ccccc32)cc1N. The molecule has 0 atom stereocenters. The molecule has 0 amide bonds. The van der Waals surface area contributed by atoms with Gasteiger partial charge in [0, 0.05) is 17.9 Å². The Morgan fingerprint density at radius 1 is 1.10 bits per heavy atom. The zero-order valence-electron chi connectivity index (χ0n) is 11.3. The van der Waals surface area contributed by atoms with Gasteiger partial charge in [-0.15, -0.1) is 0 Å². The maximum atomic E-state index is 8.98. The third-order valence-corrected chi connectivity index (χ3v) is 3.83. The first kappa shape index (κ1) is 12.6. The van der Waals surface area contributed by atoms with E-state index in [1.807, 2.05) is 12.1 Å². The smallest absolute Gasteiger partial charge is 0.101 e. The maximum Gasteiger partial charge on any atom is 0.101 e. The van der Waals surface area contributed by atoms with Crippen molar-refractivity contribution in [3.05, 3.63) is 53.6 Å². The van der Waals surface area contributed by atoms with E-state index >= 15 is 0 Å². The van der Waals surface area contributed by atoms with Gasteiger partial charge in [-0.05, 0) is 49.1 Å². The normalized spacial score (nSPS) is 14.2. The topological polar surface area (TPSA) is 53.0 Å². The molecule has 2 N–H and O–H groups in total. The van der Waals surface area contributed by atoms with Crippen LogP contribution < -0.4 is 10.6 Å². The monoisotopic (exact) mass is 263 g/mol. The van der Waals surface area contributed by atoms with Crippen LogP contribution in [0.15, 0.2) is 42.5 Å². The van der Waals surface area contributed by atoms with E-state index < -0.39 is 0 Å². The van der Waals surface area contributed by atoms with Gasteiger partial charge in [0.15, 0.2) is 0 Å². The molecule has 0 fully saturated rings. The summed E-state index contributed by atoms with van der Waals surface area (Å²) in [4.78, 5) is 2.31. The largest absolute Gasteiger partial charge is 0.398 e. The van der Waals surface area contributed by atoms with Crippen molar-refractivity contribution in [1.82, 2.24) is 0 Å².